The normalized spacial score (nSPS) is 11.7. The van der Waals surface area contributed by atoms with Crippen molar-refractivity contribution < 1.29 is 14.3 Å². The molecule has 0 saturated heterocycles. The molecule has 0 aliphatic carbocycles. The summed E-state index contributed by atoms with van der Waals surface area (Å²) in [5.41, 5.74) is 1.91. The Morgan fingerprint density at radius 3 is 2.30 bits per heavy atom. The summed E-state index contributed by atoms with van der Waals surface area (Å²) in [6.45, 7) is 2.15. The first-order valence-corrected chi connectivity index (χ1v) is 6.55. The van der Waals surface area contributed by atoms with Gasteiger partial charge in [0.05, 0.1) is 13.0 Å². The molecular formula is C17H18O3. The van der Waals surface area contributed by atoms with Crippen LogP contribution in [-0.4, -0.2) is 13.1 Å². The maximum Gasteiger partial charge on any atom is 0.313 e. The summed E-state index contributed by atoms with van der Waals surface area (Å²) in [4.78, 5) is 12.0. The highest BCUT2D eigenvalue weighted by Crippen LogP contribution is 2.20. The van der Waals surface area contributed by atoms with Crippen molar-refractivity contribution in [3.63, 3.8) is 0 Å². The van der Waals surface area contributed by atoms with E-state index in [9.17, 15) is 4.79 Å². The summed E-state index contributed by atoms with van der Waals surface area (Å²) in [5, 5.41) is 0. The van der Waals surface area contributed by atoms with Gasteiger partial charge in [0, 0.05) is 0 Å². The predicted molar refractivity (Wildman–Crippen MR) is 77.6 cm³/mol. The minimum absolute atomic E-state index is 0.223. The van der Waals surface area contributed by atoms with Gasteiger partial charge in [-0.15, -0.1) is 0 Å². The highest BCUT2D eigenvalue weighted by Gasteiger charge is 2.16. The molecule has 3 heteroatoms. The Bertz CT molecular complexity index is 546. The van der Waals surface area contributed by atoms with Crippen molar-refractivity contribution in [2.45, 2.75) is 19.4 Å². The van der Waals surface area contributed by atoms with Crippen LogP contribution >= 0.6 is 0 Å². The molecular weight excluding hydrogens is 252 g/mol. The lowest BCUT2D eigenvalue weighted by molar-refractivity contribution is -0.146. The third-order valence-electron chi connectivity index (χ3n) is 3.19. The molecule has 0 heterocycles. The largest absolute Gasteiger partial charge is 0.497 e. The van der Waals surface area contributed by atoms with Crippen LogP contribution < -0.4 is 4.74 Å². The maximum atomic E-state index is 12.0. The Hall–Kier alpha value is -2.29. The summed E-state index contributed by atoms with van der Waals surface area (Å²) >= 11 is 0. The van der Waals surface area contributed by atoms with E-state index in [-0.39, 0.29) is 11.9 Å². The average molecular weight is 270 g/mol. The molecule has 0 bridgehead atoms. The number of carbonyl (C=O) groups excluding carboxylic acids is 1. The van der Waals surface area contributed by atoms with Crippen LogP contribution in [0.3, 0.4) is 0 Å². The molecule has 0 spiro atoms. The van der Waals surface area contributed by atoms with Crippen LogP contribution in [0.15, 0.2) is 54.6 Å². The molecule has 0 N–H and O–H groups in total. The molecule has 2 aromatic rings. The number of ether oxygens (including phenoxy) is 2. The van der Waals surface area contributed by atoms with Crippen LogP contribution in [0.4, 0.5) is 0 Å². The van der Waals surface area contributed by atoms with Gasteiger partial charge < -0.3 is 9.47 Å². The molecule has 0 aliphatic heterocycles. The fraction of sp³-hybridized carbons (Fsp3) is 0.235. The molecule has 20 heavy (non-hydrogen) atoms. The molecule has 2 aromatic carbocycles. The summed E-state index contributed by atoms with van der Waals surface area (Å²) in [5.74, 6) is 0.266. The lowest BCUT2D eigenvalue weighted by Crippen LogP contribution is -2.13. The van der Waals surface area contributed by atoms with Gasteiger partial charge in [-0.1, -0.05) is 42.5 Å². The van der Waals surface area contributed by atoms with E-state index in [4.69, 9.17) is 9.47 Å². The number of hydrogen-bond acceptors (Lipinski definition) is 3. The lowest BCUT2D eigenvalue weighted by Gasteiger charge is -2.12. The molecule has 2 rings (SSSR count). The van der Waals surface area contributed by atoms with Crippen molar-refractivity contribution in [1.82, 2.24) is 0 Å². The summed E-state index contributed by atoms with van der Waals surface area (Å²) in [7, 11) is 1.62. The Kier molecular flexibility index (Phi) is 4.77. The average Bonchev–Trinajstić information content (AvgIpc) is 2.53. The predicted octanol–water partition coefficient (Wildman–Crippen LogP) is 3.54. The zero-order valence-electron chi connectivity index (χ0n) is 11.7. The molecule has 0 aliphatic rings. The van der Waals surface area contributed by atoms with Crippen molar-refractivity contribution in [2.75, 3.05) is 7.11 Å². The first kappa shape index (κ1) is 14.1. The number of hydrogen-bond donors (Lipinski definition) is 0. The molecule has 0 unspecified atom stereocenters. The van der Waals surface area contributed by atoms with Gasteiger partial charge in [0.15, 0.2) is 0 Å². The zero-order chi connectivity index (χ0) is 14.4. The van der Waals surface area contributed by atoms with E-state index in [0.29, 0.717) is 6.61 Å². The summed E-state index contributed by atoms with van der Waals surface area (Å²) < 4.78 is 10.4. The third-order valence-corrected chi connectivity index (χ3v) is 3.19. The molecule has 0 saturated carbocycles. The highest BCUT2D eigenvalue weighted by atomic mass is 16.5. The van der Waals surface area contributed by atoms with E-state index in [1.54, 1.807) is 7.11 Å². The van der Waals surface area contributed by atoms with E-state index in [1.165, 1.54) is 0 Å². The van der Waals surface area contributed by atoms with Crippen molar-refractivity contribution in [3.8, 4) is 5.75 Å². The minimum atomic E-state index is -0.287. The van der Waals surface area contributed by atoms with Crippen molar-refractivity contribution in [1.29, 1.82) is 0 Å². The molecule has 104 valence electrons. The van der Waals surface area contributed by atoms with Gasteiger partial charge in [-0.25, -0.2) is 0 Å². The van der Waals surface area contributed by atoms with Gasteiger partial charge in [0.1, 0.15) is 12.4 Å². The van der Waals surface area contributed by atoms with Gasteiger partial charge in [-0.3, -0.25) is 4.79 Å². The van der Waals surface area contributed by atoms with Crippen LogP contribution in [0.2, 0.25) is 0 Å². The highest BCUT2D eigenvalue weighted by molar-refractivity contribution is 5.77. The smallest absolute Gasteiger partial charge is 0.313 e. The topological polar surface area (TPSA) is 35.5 Å². The standard InChI is InChI=1S/C17H18O3/c1-13(15-8-10-16(19-2)11-9-15)17(18)20-12-14-6-4-3-5-7-14/h3-11,13H,12H2,1-2H3/t13-/m0/s1. The van der Waals surface area contributed by atoms with Gasteiger partial charge in [-0.05, 0) is 30.2 Å². The Morgan fingerprint density at radius 1 is 1.05 bits per heavy atom. The minimum Gasteiger partial charge on any atom is -0.497 e. The van der Waals surface area contributed by atoms with Crippen molar-refractivity contribution in [3.05, 3.63) is 65.7 Å². The number of methoxy groups -OCH3 is 1. The summed E-state index contributed by atoms with van der Waals surface area (Å²) in [6.07, 6.45) is 0. The number of benzene rings is 2. The molecule has 0 radical (unpaired) electrons. The van der Waals surface area contributed by atoms with E-state index < -0.39 is 0 Å². The van der Waals surface area contributed by atoms with E-state index >= 15 is 0 Å². The maximum absolute atomic E-state index is 12.0. The van der Waals surface area contributed by atoms with Crippen molar-refractivity contribution in [2.24, 2.45) is 0 Å². The van der Waals surface area contributed by atoms with Gasteiger partial charge in [-0.2, -0.15) is 0 Å². The van der Waals surface area contributed by atoms with E-state index in [1.807, 2.05) is 61.5 Å². The van der Waals surface area contributed by atoms with Gasteiger partial charge >= 0.3 is 5.97 Å². The molecule has 1 atom stereocenters. The molecule has 3 nitrogen and oxygen atoms in total. The number of carbonyl (C=O) groups is 1. The van der Waals surface area contributed by atoms with Crippen LogP contribution in [0.25, 0.3) is 0 Å². The molecule has 0 aromatic heterocycles. The Balaban J connectivity index is 1.94. The number of rotatable bonds is 5. The lowest BCUT2D eigenvalue weighted by atomic mass is 10.0. The van der Waals surface area contributed by atoms with Crippen LogP contribution in [0.5, 0.6) is 5.75 Å². The monoisotopic (exact) mass is 270 g/mol. The second-order valence-electron chi connectivity index (χ2n) is 4.59. The quantitative estimate of drug-likeness (QED) is 0.779. The second kappa shape index (κ2) is 6.75. The molecule has 0 amide bonds. The van der Waals surface area contributed by atoms with Gasteiger partial charge in [0.25, 0.3) is 0 Å². The van der Waals surface area contributed by atoms with E-state index in [2.05, 4.69) is 0 Å². The number of esters is 1. The SMILES string of the molecule is COc1ccc([C@H](C)C(=O)OCc2ccccc2)cc1. The first-order valence-electron chi connectivity index (χ1n) is 6.55. The Morgan fingerprint density at radius 2 is 1.70 bits per heavy atom. The van der Waals surface area contributed by atoms with Crippen LogP contribution in [-0.2, 0) is 16.1 Å². The zero-order valence-corrected chi connectivity index (χ0v) is 11.7. The Labute approximate surface area is 119 Å². The molecule has 0 fully saturated rings. The fourth-order valence-electron chi connectivity index (χ4n) is 1.88. The first-order chi connectivity index (χ1) is 9.70. The van der Waals surface area contributed by atoms with Crippen LogP contribution in [0.1, 0.15) is 24.0 Å². The van der Waals surface area contributed by atoms with Crippen LogP contribution in [0, 0.1) is 0 Å². The fourth-order valence-corrected chi connectivity index (χ4v) is 1.88. The van der Waals surface area contributed by atoms with E-state index in [0.717, 1.165) is 16.9 Å². The summed E-state index contributed by atoms with van der Waals surface area (Å²) in [6, 6.07) is 17.1. The second-order valence-corrected chi connectivity index (χ2v) is 4.59. The third kappa shape index (κ3) is 3.60. The van der Waals surface area contributed by atoms with Crippen molar-refractivity contribution >= 4 is 5.97 Å². The van der Waals surface area contributed by atoms with Gasteiger partial charge in [0.2, 0.25) is 0 Å².